The van der Waals surface area contributed by atoms with Crippen LogP contribution >= 0.6 is 0 Å². The van der Waals surface area contributed by atoms with Crippen molar-refractivity contribution in [1.82, 2.24) is 10.6 Å². The van der Waals surface area contributed by atoms with Crippen molar-refractivity contribution in [2.75, 3.05) is 19.6 Å². The molecule has 0 atom stereocenters. The Hall–Kier alpha value is -0.800. The SMILES string of the molecule is c1coc(CCCNC2CCC3(CCNCC3)CC2)c1. The number of furan rings is 1. The number of hydrogen-bond donors (Lipinski definition) is 2. The van der Waals surface area contributed by atoms with Gasteiger partial charge >= 0.3 is 0 Å². The monoisotopic (exact) mass is 276 g/mol. The molecule has 0 aromatic carbocycles. The van der Waals surface area contributed by atoms with Gasteiger partial charge in [-0.2, -0.15) is 0 Å². The van der Waals surface area contributed by atoms with Crippen LogP contribution in [-0.2, 0) is 6.42 Å². The van der Waals surface area contributed by atoms with Crippen LogP contribution in [0.3, 0.4) is 0 Å². The normalized spacial score (nSPS) is 23.2. The van der Waals surface area contributed by atoms with Gasteiger partial charge in [-0.15, -0.1) is 0 Å². The minimum absolute atomic E-state index is 0.692. The first kappa shape index (κ1) is 14.2. The molecule has 0 radical (unpaired) electrons. The summed E-state index contributed by atoms with van der Waals surface area (Å²) < 4.78 is 5.37. The Morgan fingerprint density at radius 1 is 1.20 bits per heavy atom. The summed E-state index contributed by atoms with van der Waals surface area (Å²) in [5, 5.41) is 7.25. The highest BCUT2D eigenvalue weighted by Gasteiger charge is 2.35. The third-order valence-corrected chi connectivity index (χ3v) is 5.32. The largest absolute Gasteiger partial charge is 0.469 e. The Labute approximate surface area is 122 Å². The smallest absolute Gasteiger partial charge is 0.103 e. The van der Waals surface area contributed by atoms with Crippen molar-refractivity contribution in [3.63, 3.8) is 0 Å². The van der Waals surface area contributed by atoms with Gasteiger partial charge in [-0.25, -0.2) is 0 Å². The molecule has 1 aliphatic carbocycles. The average molecular weight is 276 g/mol. The fraction of sp³-hybridized carbons (Fsp3) is 0.765. The first-order chi connectivity index (χ1) is 9.86. The van der Waals surface area contributed by atoms with Crippen molar-refractivity contribution in [1.29, 1.82) is 0 Å². The molecule has 0 bridgehead atoms. The van der Waals surface area contributed by atoms with E-state index in [4.69, 9.17) is 4.42 Å². The van der Waals surface area contributed by atoms with E-state index in [1.807, 2.05) is 6.07 Å². The fourth-order valence-corrected chi connectivity index (χ4v) is 3.92. The van der Waals surface area contributed by atoms with E-state index in [1.165, 1.54) is 58.0 Å². The number of aryl methyl sites for hydroxylation is 1. The van der Waals surface area contributed by atoms with Crippen LogP contribution in [0.5, 0.6) is 0 Å². The van der Waals surface area contributed by atoms with Gasteiger partial charge in [0, 0.05) is 12.5 Å². The lowest BCUT2D eigenvalue weighted by molar-refractivity contribution is 0.116. The summed E-state index contributed by atoms with van der Waals surface area (Å²) >= 11 is 0. The third kappa shape index (κ3) is 3.64. The number of hydrogen-bond acceptors (Lipinski definition) is 3. The molecule has 3 heteroatoms. The Bertz CT molecular complexity index is 372. The van der Waals surface area contributed by atoms with Gasteiger partial charge in [0.25, 0.3) is 0 Å². The van der Waals surface area contributed by atoms with Crippen LogP contribution in [0.1, 0.15) is 50.7 Å². The van der Waals surface area contributed by atoms with Gasteiger partial charge in [0.2, 0.25) is 0 Å². The molecule has 1 saturated carbocycles. The molecule has 1 aromatic rings. The second kappa shape index (κ2) is 6.77. The lowest BCUT2D eigenvalue weighted by Gasteiger charge is -2.43. The zero-order chi connectivity index (χ0) is 13.7. The summed E-state index contributed by atoms with van der Waals surface area (Å²) in [6.45, 7) is 3.60. The Morgan fingerprint density at radius 3 is 2.70 bits per heavy atom. The van der Waals surface area contributed by atoms with Crippen LogP contribution in [0.2, 0.25) is 0 Å². The van der Waals surface area contributed by atoms with Gasteiger partial charge in [0.05, 0.1) is 6.26 Å². The van der Waals surface area contributed by atoms with Gasteiger partial charge in [-0.3, -0.25) is 0 Å². The summed E-state index contributed by atoms with van der Waals surface area (Å²) in [7, 11) is 0. The average Bonchev–Trinajstić information content (AvgIpc) is 3.00. The van der Waals surface area contributed by atoms with Crippen molar-refractivity contribution in [3.05, 3.63) is 24.2 Å². The van der Waals surface area contributed by atoms with Gasteiger partial charge in [-0.05, 0) is 82.1 Å². The van der Waals surface area contributed by atoms with Crippen LogP contribution in [0.15, 0.2) is 22.8 Å². The summed E-state index contributed by atoms with van der Waals surface area (Å²) in [6, 6.07) is 4.80. The van der Waals surface area contributed by atoms with Crippen molar-refractivity contribution in [2.45, 2.75) is 57.4 Å². The first-order valence-electron chi connectivity index (χ1n) is 8.33. The second-order valence-corrected chi connectivity index (χ2v) is 6.66. The molecule has 0 amide bonds. The van der Waals surface area contributed by atoms with E-state index in [-0.39, 0.29) is 0 Å². The maximum Gasteiger partial charge on any atom is 0.103 e. The Morgan fingerprint density at radius 2 is 2.00 bits per heavy atom. The molecule has 2 N–H and O–H groups in total. The molecular weight excluding hydrogens is 248 g/mol. The van der Waals surface area contributed by atoms with Gasteiger partial charge in [0.15, 0.2) is 0 Å². The maximum absolute atomic E-state index is 5.37. The third-order valence-electron chi connectivity index (χ3n) is 5.32. The molecule has 1 saturated heterocycles. The van der Waals surface area contributed by atoms with Gasteiger partial charge in [-0.1, -0.05) is 0 Å². The predicted molar refractivity (Wildman–Crippen MR) is 81.8 cm³/mol. The Kier molecular flexibility index (Phi) is 4.79. The highest BCUT2D eigenvalue weighted by Crippen LogP contribution is 2.43. The molecule has 3 rings (SSSR count). The molecular formula is C17H28N2O. The second-order valence-electron chi connectivity index (χ2n) is 6.66. The molecule has 0 unspecified atom stereocenters. The van der Waals surface area contributed by atoms with Gasteiger partial charge in [0.1, 0.15) is 5.76 Å². The van der Waals surface area contributed by atoms with E-state index in [1.54, 1.807) is 6.26 Å². The van der Waals surface area contributed by atoms with E-state index >= 15 is 0 Å². The highest BCUT2D eigenvalue weighted by molar-refractivity contribution is 4.98. The standard InChI is InChI=1S/C17H28N2O/c1(3-16-4-2-14-20-16)11-19-15-5-7-17(8-6-15)9-12-18-13-10-17/h2,4,14-15,18-19H,1,3,5-13H2. The van der Waals surface area contributed by atoms with E-state index in [0.717, 1.165) is 24.8 Å². The maximum atomic E-state index is 5.37. The molecule has 2 aliphatic rings. The molecule has 1 aliphatic heterocycles. The quantitative estimate of drug-likeness (QED) is 0.811. The predicted octanol–water partition coefficient (Wildman–Crippen LogP) is 3.11. The zero-order valence-electron chi connectivity index (χ0n) is 12.5. The van der Waals surface area contributed by atoms with Crippen LogP contribution in [0.25, 0.3) is 0 Å². The molecule has 20 heavy (non-hydrogen) atoms. The van der Waals surface area contributed by atoms with Crippen molar-refractivity contribution >= 4 is 0 Å². The fourth-order valence-electron chi connectivity index (χ4n) is 3.92. The first-order valence-corrected chi connectivity index (χ1v) is 8.33. The minimum atomic E-state index is 0.692. The molecule has 3 nitrogen and oxygen atoms in total. The van der Waals surface area contributed by atoms with Crippen molar-refractivity contribution < 1.29 is 4.42 Å². The van der Waals surface area contributed by atoms with Crippen LogP contribution in [0.4, 0.5) is 0 Å². The van der Waals surface area contributed by atoms with E-state index in [0.29, 0.717) is 5.41 Å². The minimum Gasteiger partial charge on any atom is -0.469 e. The molecule has 2 heterocycles. The van der Waals surface area contributed by atoms with Crippen LogP contribution in [-0.4, -0.2) is 25.7 Å². The van der Waals surface area contributed by atoms with E-state index in [9.17, 15) is 0 Å². The van der Waals surface area contributed by atoms with Gasteiger partial charge < -0.3 is 15.1 Å². The Balaban J connectivity index is 1.32. The van der Waals surface area contributed by atoms with E-state index in [2.05, 4.69) is 16.7 Å². The topological polar surface area (TPSA) is 37.2 Å². The molecule has 1 spiro atoms. The number of nitrogens with one attached hydrogen (secondary N) is 2. The summed E-state index contributed by atoms with van der Waals surface area (Å²) in [6.07, 6.45) is 12.4. The van der Waals surface area contributed by atoms with Crippen LogP contribution in [0, 0.1) is 5.41 Å². The highest BCUT2D eigenvalue weighted by atomic mass is 16.3. The summed E-state index contributed by atoms with van der Waals surface area (Å²) in [5.74, 6) is 1.11. The number of piperidine rings is 1. The summed E-state index contributed by atoms with van der Waals surface area (Å²) in [4.78, 5) is 0. The molecule has 112 valence electrons. The van der Waals surface area contributed by atoms with Crippen LogP contribution < -0.4 is 10.6 Å². The lowest BCUT2D eigenvalue weighted by Crippen LogP contribution is -2.43. The molecule has 1 aromatic heterocycles. The number of rotatable bonds is 5. The lowest BCUT2D eigenvalue weighted by atomic mass is 9.67. The van der Waals surface area contributed by atoms with Crippen molar-refractivity contribution in [2.24, 2.45) is 5.41 Å². The molecule has 2 fully saturated rings. The van der Waals surface area contributed by atoms with Crippen molar-refractivity contribution in [3.8, 4) is 0 Å². The summed E-state index contributed by atoms with van der Waals surface area (Å²) in [5.41, 5.74) is 0.692. The van der Waals surface area contributed by atoms with E-state index < -0.39 is 0 Å². The zero-order valence-corrected chi connectivity index (χ0v) is 12.5.